The van der Waals surface area contributed by atoms with E-state index in [-0.39, 0.29) is 18.3 Å². The standard InChI is InChI=1S/C18H21FN2O/c1-4-20(2)16-11-9-14(10-12-16)18(22)21(3)13-15-7-5-6-8-17(15)19/h5-12H,4,13H2,1-3H3. The number of hydrogen-bond donors (Lipinski definition) is 0. The summed E-state index contributed by atoms with van der Waals surface area (Å²) in [7, 11) is 3.68. The second-order valence-corrected chi connectivity index (χ2v) is 5.31. The van der Waals surface area contributed by atoms with Gasteiger partial charge in [-0.15, -0.1) is 0 Å². The summed E-state index contributed by atoms with van der Waals surface area (Å²) in [5.41, 5.74) is 2.18. The molecule has 0 aliphatic heterocycles. The smallest absolute Gasteiger partial charge is 0.253 e. The van der Waals surface area contributed by atoms with Crippen LogP contribution in [0, 0.1) is 5.82 Å². The molecule has 0 aliphatic carbocycles. The Labute approximate surface area is 131 Å². The molecule has 0 spiro atoms. The van der Waals surface area contributed by atoms with Crippen LogP contribution in [0.1, 0.15) is 22.8 Å². The van der Waals surface area contributed by atoms with Crippen molar-refractivity contribution in [3.05, 3.63) is 65.5 Å². The number of nitrogens with zero attached hydrogens (tertiary/aromatic N) is 2. The van der Waals surface area contributed by atoms with E-state index in [9.17, 15) is 9.18 Å². The highest BCUT2D eigenvalue weighted by Gasteiger charge is 2.13. The summed E-state index contributed by atoms with van der Waals surface area (Å²) in [6, 6.07) is 14.0. The van der Waals surface area contributed by atoms with Gasteiger partial charge in [-0.1, -0.05) is 18.2 Å². The minimum Gasteiger partial charge on any atom is -0.375 e. The van der Waals surface area contributed by atoms with Gasteiger partial charge in [0.25, 0.3) is 5.91 Å². The van der Waals surface area contributed by atoms with Crippen LogP contribution in [0.15, 0.2) is 48.5 Å². The van der Waals surface area contributed by atoms with E-state index in [0.29, 0.717) is 11.1 Å². The van der Waals surface area contributed by atoms with Crippen molar-refractivity contribution >= 4 is 11.6 Å². The molecular weight excluding hydrogens is 279 g/mol. The Morgan fingerprint density at radius 2 is 1.68 bits per heavy atom. The van der Waals surface area contributed by atoms with Crippen LogP contribution in [-0.4, -0.2) is 31.4 Å². The van der Waals surface area contributed by atoms with E-state index >= 15 is 0 Å². The van der Waals surface area contributed by atoms with E-state index in [2.05, 4.69) is 11.8 Å². The minimum absolute atomic E-state index is 0.117. The van der Waals surface area contributed by atoms with Crippen molar-refractivity contribution in [2.75, 3.05) is 25.5 Å². The van der Waals surface area contributed by atoms with Crippen LogP contribution in [-0.2, 0) is 6.54 Å². The van der Waals surface area contributed by atoms with Crippen LogP contribution in [0.2, 0.25) is 0 Å². The molecule has 1 amide bonds. The largest absolute Gasteiger partial charge is 0.375 e. The number of benzene rings is 2. The van der Waals surface area contributed by atoms with E-state index in [4.69, 9.17) is 0 Å². The van der Waals surface area contributed by atoms with Crippen LogP contribution in [0.25, 0.3) is 0 Å². The Kier molecular flexibility index (Phi) is 5.15. The van der Waals surface area contributed by atoms with E-state index in [1.807, 2.05) is 31.3 Å². The van der Waals surface area contributed by atoms with Gasteiger partial charge in [-0.2, -0.15) is 0 Å². The van der Waals surface area contributed by atoms with Gasteiger partial charge < -0.3 is 9.80 Å². The highest BCUT2D eigenvalue weighted by Crippen LogP contribution is 2.16. The molecular formula is C18H21FN2O. The van der Waals surface area contributed by atoms with Gasteiger partial charge in [-0.05, 0) is 37.3 Å². The van der Waals surface area contributed by atoms with Crippen LogP contribution in [0.4, 0.5) is 10.1 Å². The Balaban J connectivity index is 2.09. The Hall–Kier alpha value is -2.36. The Morgan fingerprint density at radius 1 is 1.05 bits per heavy atom. The molecule has 0 atom stereocenters. The highest BCUT2D eigenvalue weighted by molar-refractivity contribution is 5.94. The van der Waals surface area contributed by atoms with Gasteiger partial charge in [0.15, 0.2) is 0 Å². The molecule has 0 unspecified atom stereocenters. The number of carbonyl (C=O) groups excluding carboxylic acids is 1. The topological polar surface area (TPSA) is 23.6 Å². The maximum Gasteiger partial charge on any atom is 0.253 e. The van der Waals surface area contributed by atoms with Crippen molar-refractivity contribution in [1.82, 2.24) is 4.90 Å². The van der Waals surface area contributed by atoms with Crippen molar-refractivity contribution in [1.29, 1.82) is 0 Å². The number of rotatable bonds is 5. The van der Waals surface area contributed by atoms with Crippen molar-refractivity contribution in [2.24, 2.45) is 0 Å². The van der Waals surface area contributed by atoms with E-state index in [1.54, 1.807) is 25.2 Å². The number of anilines is 1. The fourth-order valence-corrected chi connectivity index (χ4v) is 2.22. The van der Waals surface area contributed by atoms with Crippen molar-refractivity contribution in [3.8, 4) is 0 Å². The molecule has 0 N–H and O–H groups in total. The SMILES string of the molecule is CCN(C)c1ccc(C(=O)N(C)Cc2ccccc2F)cc1. The number of hydrogen-bond acceptors (Lipinski definition) is 2. The summed E-state index contributed by atoms with van der Waals surface area (Å²) in [5, 5.41) is 0. The predicted molar refractivity (Wildman–Crippen MR) is 87.6 cm³/mol. The lowest BCUT2D eigenvalue weighted by Crippen LogP contribution is -2.26. The monoisotopic (exact) mass is 300 g/mol. The third-order valence-corrected chi connectivity index (χ3v) is 3.74. The van der Waals surface area contributed by atoms with Crippen LogP contribution < -0.4 is 4.90 Å². The summed E-state index contributed by atoms with van der Waals surface area (Å²) in [4.78, 5) is 16.0. The molecule has 0 saturated heterocycles. The Bertz CT molecular complexity index is 640. The van der Waals surface area contributed by atoms with Gasteiger partial charge in [-0.3, -0.25) is 4.79 Å². The van der Waals surface area contributed by atoms with Crippen LogP contribution >= 0.6 is 0 Å². The third kappa shape index (κ3) is 3.64. The number of halogens is 1. The van der Waals surface area contributed by atoms with E-state index in [0.717, 1.165) is 12.2 Å². The van der Waals surface area contributed by atoms with Gasteiger partial charge in [0.05, 0.1) is 0 Å². The summed E-state index contributed by atoms with van der Waals surface area (Å²) < 4.78 is 13.7. The lowest BCUT2D eigenvalue weighted by Gasteiger charge is -2.19. The fourth-order valence-electron chi connectivity index (χ4n) is 2.22. The second kappa shape index (κ2) is 7.07. The molecule has 116 valence electrons. The molecule has 2 rings (SSSR count). The fraction of sp³-hybridized carbons (Fsp3) is 0.278. The maximum absolute atomic E-state index is 13.7. The first-order valence-corrected chi connectivity index (χ1v) is 7.33. The quantitative estimate of drug-likeness (QED) is 0.843. The maximum atomic E-state index is 13.7. The molecule has 2 aromatic carbocycles. The van der Waals surface area contributed by atoms with Gasteiger partial charge in [0.1, 0.15) is 5.82 Å². The molecule has 0 heterocycles. The molecule has 0 fully saturated rings. The first-order chi connectivity index (χ1) is 10.5. The second-order valence-electron chi connectivity index (χ2n) is 5.31. The number of amides is 1. The van der Waals surface area contributed by atoms with Gasteiger partial charge in [0, 0.05) is 44.0 Å². The van der Waals surface area contributed by atoms with Gasteiger partial charge >= 0.3 is 0 Å². The normalized spacial score (nSPS) is 10.4. The predicted octanol–water partition coefficient (Wildman–Crippen LogP) is 3.55. The minimum atomic E-state index is -0.290. The molecule has 0 saturated carbocycles. The molecule has 0 aromatic heterocycles. The molecule has 4 heteroatoms. The van der Waals surface area contributed by atoms with Gasteiger partial charge in [-0.25, -0.2) is 4.39 Å². The molecule has 0 aliphatic rings. The summed E-state index contributed by atoms with van der Waals surface area (Å²) >= 11 is 0. The lowest BCUT2D eigenvalue weighted by atomic mass is 10.1. The summed E-state index contributed by atoms with van der Waals surface area (Å²) in [6.07, 6.45) is 0. The molecule has 3 nitrogen and oxygen atoms in total. The third-order valence-electron chi connectivity index (χ3n) is 3.74. The average Bonchev–Trinajstić information content (AvgIpc) is 2.55. The molecule has 22 heavy (non-hydrogen) atoms. The van der Waals surface area contributed by atoms with Crippen LogP contribution in [0.5, 0.6) is 0 Å². The van der Waals surface area contributed by atoms with Crippen molar-refractivity contribution in [3.63, 3.8) is 0 Å². The van der Waals surface area contributed by atoms with E-state index < -0.39 is 0 Å². The molecule has 0 bridgehead atoms. The first kappa shape index (κ1) is 16.0. The Morgan fingerprint density at radius 3 is 2.27 bits per heavy atom. The first-order valence-electron chi connectivity index (χ1n) is 7.33. The van der Waals surface area contributed by atoms with E-state index in [1.165, 1.54) is 11.0 Å². The van der Waals surface area contributed by atoms with Crippen molar-refractivity contribution in [2.45, 2.75) is 13.5 Å². The van der Waals surface area contributed by atoms with Crippen LogP contribution in [0.3, 0.4) is 0 Å². The number of carbonyl (C=O) groups is 1. The molecule has 2 aromatic rings. The van der Waals surface area contributed by atoms with Gasteiger partial charge in [0.2, 0.25) is 0 Å². The highest BCUT2D eigenvalue weighted by atomic mass is 19.1. The molecule has 0 radical (unpaired) electrons. The summed E-state index contributed by atoms with van der Waals surface area (Å²) in [6.45, 7) is 3.23. The zero-order valence-electron chi connectivity index (χ0n) is 13.2. The zero-order chi connectivity index (χ0) is 16.1. The van der Waals surface area contributed by atoms with Crippen molar-refractivity contribution < 1.29 is 9.18 Å². The lowest BCUT2D eigenvalue weighted by molar-refractivity contribution is 0.0784. The summed E-state index contributed by atoms with van der Waals surface area (Å²) in [5.74, 6) is -0.406. The zero-order valence-corrected chi connectivity index (χ0v) is 13.2. The average molecular weight is 300 g/mol.